The highest BCUT2D eigenvalue weighted by Gasteiger charge is 2.38. The molecule has 1 aliphatic carbocycles. The van der Waals surface area contributed by atoms with Crippen LogP contribution in [0.5, 0.6) is 5.75 Å². The number of anilines is 2. The Morgan fingerprint density at radius 3 is 2.20 bits per heavy atom. The molecule has 0 atom stereocenters. The van der Waals surface area contributed by atoms with Gasteiger partial charge in [0, 0.05) is 49.7 Å². The first-order valence-electron chi connectivity index (χ1n) is 15.1. The van der Waals surface area contributed by atoms with Gasteiger partial charge in [0.1, 0.15) is 23.8 Å². The van der Waals surface area contributed by atoms with Crippen LogP contribution < -0.4 is 15.0 Å². The number of aliphatic hydroxyl groups excluding tert-OH is 1. The Balaban J connectivity index is 0.000000212. The van der Waals surface area contributed by atoms with E-state index in [9.17, 15) is 33.2 Å². The largest absolute Gasteiger partial charge is 0.489 e. The van der Waals surface area contributed by atoms with E-state index in [1.807, 2.05) is 17.0 Å². The number of nitrogens with zero attached hydrogens (tertiary/aromatic N) is 3. The number of rotatable bonds is 8. The van der Waals surface area contributed by atoms with Gasteiger partial charge in [0.05, 0.1) is 11.0 Å². The molecule has 1 aliphatic heterocycles. The first kappa shape index (κ1) is 34.8. The van der Waals surface area contributed by atoms with Crippen molar-refractivity contribution in [3.05, 3.63) is 93.5 Å². The average Bonchev–Trinajstić information content (AvgIpc) is 3.05. The van der Waals surface area contributed by atoms with Crippen LogP contribution in [-0.4, -0.2) is 65.0 Å². The molecule has 0 spiro atoms. The van der Waals surface area contributed by atoms with E-state index < -0.39 is 22.4 Å². The molecule has 5 rings (SSSR count). The lowest BCUT2D eigenvalue weighted by atomic mass is 9.93. The summed E-state index contributed by atoms with van der Waals surface area (Å²) >= 11 is 5.62. The van der Waals surface area contributed by atoms with Crippen molar-refractivity contribution in [1.82, 2.24) is 4.90 Å². The van der Waals surface area contributed by atoms with Crippen molar-refractivity contribution in [1.29, 1.82) is 0 Å². The summed E-state index contributed by atoms with van der Waals surface area (Å²) < 4.78 is 44.4. The molecule has 0 radical (unpaired) electrons. The number of halogens is 4. The summed E-state index contributed by atoms with van der Waals surface area (Å²) in [6, 6.07) is 19.4. The number of benzene rings is 3. The number of carbonyl (C=O) groups is 1. The van der Waals surface area contributed by atoms with Gasteiger partial charge in [-0.2, -0.15) is 13.2 Å². The number of nitro groups is 1. The van der Waals surface area contributed by atoms with Crippen LogP contribution in [0.15, 0.2) is 66.7 Å². The molecule has 1 saturated heterocycles. The third kappa shape index (κ3) is 9.98. The molecule has 3 aromatic carbocycles. The van der Waals surface area contributed by atoms with Crippen molar-refractivity contribution in [2.24, 2.45) is 0 Å². The fourth-order valence-corrected chi connectivity index (χ4v) is 5.54. The zero-order valence-electron chi connectivity index (χ0n) is 25.5. The molecular formula is C33H38ClF3N4O5. The SMILES string of the molecule is Cc1ccc(COc2ccc(N3CCN(C(=O)CCl)CC3)cc2)cc1.O=[N+]([O-])c1ccc(NC2CCC(O)CC2)cc1C(F)(F)F. The molecule has 1 amide bonds. The predicted molar refractivity (Wildman–Crippen MR) is 171 cm³/mol. The van der Waals surface area contributed by atoms with Gasteiger partial charge in [-0.3, -0.25) is 14.9 Å². The van der Waals surface area contributed by atoms with Gasteiger partial charge in [0.2, 0.25) is 5.91 Å². The number of nitrogens with one attached hydrogen (secondary N) is 1. The third-order valence-electron chi connectivity index (χ3n) is 8.04. The molecule has 2 N–H and O–H groups in total. The maximum Gasteiger partial charge on any atom is 0.423 e. The van der Waals surface area contributed by atoms with Crippen LogP contribution >= 0.6 is 11.6 Å². The minimum atomic E-state index is -4.77. The van der Waals surface area contributed by atoms with E-state index in [-0.39, 0.29) is 29.6 Å². The van der Waals surface area contributed by atoms with E-state index in [4.69, 9.17) is 16.3 Å². The standard InChI is InChI=1S/C20H23ClN2O2.C13H15F3N2O3/c1-16-2-4-17(5-3-16)15-25-19-8-6-18(7-9-19)22-10-12-23(13-11-22)20(24)14-21;14-13(15,16)11-7-9(3-6-12(11)18(20)21)17-8-1-4-10(19)5-2-8/h2-9H,10-15H2,1H3;3,6-8,10,17,19H,1-2,4-5H2. The summed E-state index contributed by atoms with van der Waals surface area (Å²) in [6.07, 6.45) is -2.64. The van der Waals surface area contributed by atoms with Gasteiger partial charge < -0.3 is 25.0 Å². The second kappa shape index (κ2) is 16.0. The van der Waals surface area contributed by atoms with E-state index in [0.717, 1.165) is 55.3 Å². The quantitative estimate of drug-likeness (QED) is 0.155. The van der Waals surface area contributed by atoms with E-state index in [1.165, 1.54) is 11.6 Å². The molecule has 0 aromatic heterocycles. The van der Waals surface area contributed by atoms with Crippen LogP contribution in [0, 0.1) is 17.0 Å². The number of carbonyl (C=O) groups excluding carboxylic acids is 1. The molecule has 3 aromatic rings. The maximum absolute atomic E-state index is 12.9. The first-order chi connectivity index (χ1) is 21.9. The van der Waals surface area contributed by atoms with Crippen LogP contribution in [0.4, 0.5) is 30.2 Å². The highest BCUT2D eigenvalue weighted by atomic mass is 35.5. The molecular weight excluding hydrogens is 625 g/mol. The number of piperazine rings is 1. The molecule has 2 aliphatic rings. The van der Waals surface area contributed by atoms with Crippen molar-refractivity contribution in [3.63, 3.8) is 0 Å². The molecule has 0 unspecified atom stereocenters. The maximum atomic E-state index is 12.9. The molecule has 1 saturated carbocycles. The number of ether oxygens (including phenoxy) is 1. The normalized spacial score (nSPS) is 18.3. The van der Waals surface area contributed by atoms with E-state index >= 15 is 0 Å². The minimum Gasteiger partial charge on any atom is -0.489 e. The number of amides is 1. The molecule has 13 heteroatoms. The predicted octanol–water partition coefficient (Wildman–Crippen LogP) is 6.79. The molecule has 0 bridgehead atoms. The van der Waals surface area contributed by atoms with Crippen LogP contribution in [0.3, 0.4) is 0 Å². The number of aliphatic hydroxyl groups is 1. The number of nitro benzene ring substituents is 1. The summed E-state index contributed by atoms with van der Waals surface area (Å²) in [6.45, 7) is 5.74. The van der Waals surface area contributed by atoms with E-state index in [0.29, 0.717) is 32.3 Å². The lowest BCUT2D eigenvalue weighted by Crippen LogP contribution is -2.49. The second-order valence-electron chi connectivity index (χ2n) is 11.4. The van der Waals surface area contributed by atoms with Gasteiger partial charge in [0.15, 0.2) is 0 Å². The summed E-state index contributed by atoms with van der Waals surface area (Å²) in [4.78, 5) is 25.3. The zero-order chi connectivity index (χ0) is 33.3. The van der Waals surface area contributed by atoms with Gasteiger partial charge >= 0.3 is 6.18 Å². The highest BCUT2D eigenvalue weighted by Crippen LogP contribution is 2.38. The van der Waals surface area contributed by atoms with Crippen molar-refractivity contribution in [3.8, 4) is 5.75 Å². The molecule has 2 fully saturated rings. The van der Waals surface area contributed by atoms with Crippen molar-refractivity contribution in [2.45, 2.75) is 57.5 Å². The molecule has 1 heterocycles. The lowest BCUT2D eigenvalue weighted by molar-refractivity contribution is -0.388. The summed E-state index contributed by atoms with van der Waals surface area (Å²) in [5.74, 6) is 0.939. The number of hydrogen-bond donors (Lipinski definition) is 2. The number of aryl methyl sites for hydroxylation is 1. The fourth-order valence-electron chi connectivity index (χ4n) is 5.37. The number of alkyl halides is 4. The second-order valence-corrected chi connectivity index (χ2v) is 11.7. The zero-order valence-corrected chi connectivity index (χ0v) is 26.3. The van der Waals surface area contributed by atoms with Crippen LogP contribution in [0.1, 0.15) is 42.4 Å². The van der Waals surface area contributed by atoms with Crippen LogP contribution in [-0.2, 0) is 17.6 Å². The Hall–Kier alpha value is -4.03. The average molecular weight is 663 g/mol. The Morgan fingerprint density at radius 2 is 1.63 bits per heavy atom. The van der Waals surface area contributed by atoms with Crippen LogP contribution in [0.25, 0.3) is 0 Å². The summed E-state index contributed by atoms with van der Waals surface area (Å²) in [5, 5.41) is 23.0. The van der Waals surface area contributed by atoms with Gasteiger partial charge in [-0.1, -0.05) is 29.8 Å². The third-order valence-corrected chi connectivity index (χ3v) is 8.27. The lowest BCUT2D eigenvalue weighted by Gasteiger charge is -2.35. The Labute approximate surface area is 271 Å². The monoisotopic (exact) mass is 662 g/mol. The van der Waals surface area contributed by atoms with Gasteiger partial charge in [-0.05, 0) is 74.6 Å². The smallest absolute Gasteiger partial charge is 0.423 e. The molecule has 9 nitrogen and oxygen atoms in total. The van der Waals surface area contributed by atoms with Crippen molar-refractivity contribution in [2.75, 3.05) is 42.3 Å². The number of hydrogen-bond acceptors (Lipinski definition) is 7. The summed E-state index contributed by atoms with van der Waals surface area (Å²) in [5.41, 5.74) is 1.56. The van der Waals surface area contributed by atoms with Crippen molar-refractivity contribution >= 4 is 34.6 Å². The highest BCUT2D eigenvalue weighted by molar-refractivity contribution is 6.27. The van der Waals surface area contributed by atoms with Crippen LogP contribution in [0.2, 0.25) is 0 Å². The Kier molecular flexibility index (Phi) is 12.1. The minimum absolute atomic E-state index is 0.0150. The topological polar surface area (TPSA) is 108 Å². The van der Waals surface area contributed by atoms with Gasteiger partial charge in [0.25, 0.3) is 5.69 Å². The Bertz CT molecular complexity index is 1440. The Morgan fingerprint density at radius 1 is 1.00 bits per heavy atom. The van der Waals surface area contributed by atoms with E-state index in [1.54, 1.807) is 0 Å². The summed E-state index contributed by atoms with van der Waals surface area (Å²) in [7, 11) is 0. The van der Waals surface area contributed by atoms with Gasteiger partial charge in [-0.15, -0.1) is 11.6 Å². The molecule has 248 valence electrons. The van der Waals surface area contributed by atoms with Gasteiger partial charge in [-0.25, -0.2) is 0 Å². The van der Waals surface area contributed by atoms with E-state index in [2.05, 4.69) is 53.5 Å². The molecule has 46 heavy (non-hydrogen) atoms. The fraction of sp³-hybridized carbons (Fsp3) is 0.424. The first-order valence-corrected chi connectivity index (χ1v) is 15.6. The van der Waals surface area contributed by atoms with Crippen molar-refractivity contribution < 1.29 is 32.7 Å².